The third-order valence-corrected chi connectivity index (χ3v) is 13.4. The first-order valence-corrected chi connectivity index (χ1v) is 13.9. The monoisotopic (exact) mass is 440 g/mol. The summed E-state index contributed by atoms with van der Waals surface area (Å²) in [7, 11) is 0. The first-order chi connectivity index (χ1) is 15.0. The van der Waals surface area contributed by atoms with Gasteiger partial charge in [-0.3, -0.25) is 0 Å². The third-order valence-electron chi connectivity index (χ3n) is 13.4. The molecular formula is C30H48O2. The predicted molar refractivity (Wildman–Crippen MR) is 130 cm³/mol. The van der Waals surface area contributed by atoms with Gasteiger partial charge in [0.15, 0.2) is 0 Å². The van der Waals surface area contributed by atoms with Crippen LogP contribution in [0.15, 0.2) is 11.6 Å². The van der Waals surface area contributed by atoms with Gasteiger partial charge in [-0.15, -0.1) is 0 Å². The van der Waals surface area contributed by atoms with Crippen molar-refractivity contribution in [1.82, 2.24) is 0 Å². The van der Waals surface area contributed by atoms with Gasteiger partial charge >= 0.3 is 0 Å². The van der Waals surface area contributed by atoms with Gasteiger partial charge in [0, 0.05) is 0 Å². The normalized spacial score (nSPS) is 57.0. The van der Waals surface area contributed by atoms with Crippen LogP contribution in [0.1, 0.15) is 112 Å². The molecule has 5 aliphatic carbocycles. The van der Waals surface area contributed by atoms with Crippen LogP contribution < -0.4 is 0 Å². The van der Waals surface area contributed by atoms with Crippen molar-refractivity contribution in [3.63, 3.8) is 0 Å². The van der Waals surface area contributed by atoms with Crippen molar-refractivity contribution in [2.75, 3.05) is 6.61 Å². The first kappa shape index (κ1) is 22.1. The molecule has 0 unspecified atom stereocenters. The number of allylic oxidation sites excluding steroid dienone is 2. The van der Waals surface area contributed by atoms with E-state index in [1.807, 2.05) is 0 Å². The van der Waals surface area contributed by atoms with Crippen LogP contribution in [0.25, 0.3) is 0 Å². The Bertz CT molecular complexity index is 834. The van der Waals surface area contributed by atoms with Crippen molar-refractivity contribution in [3.8, 4) is 0 Å². The number of hydrogen-bond donors (Lipinski definition) is 1. The molecule has 0 bridgehead atoms. The molecule has 6 rings (SSSR count). The van der Waals surface area contributed by atoms with Crippen LogP contribution in [-0.4, -0.2) is 23.4 Å². The number of epoxide rings is 1. The van der Waals surface area contributed by atoms with Crippen molar-refractivity contribution in [1.29, 1.82) is 0 Å². The molecule has 1 N–H and O–H groups in total. The summed E-state index contributed by atoms with van der Waals surface area (Å²) in [6.07, 6.45) is 17.0. The highest BCUT2D eigenvalue weighted by Crippen LogP contribution is 2.89. The van der Waals surface area contributed by atoms with E-state index in [-0.39, 0.29) is 17.1 Å². The van der Waals surface area contributed by atoms with Gasteiger partial charge < -0.3 is 9.84 Å². The van der Waals surface area contributed by atoms with Gasteiger partial charge in [-0.2, -0.15) is 0 Å². The van der Waals surface area contributed by atoms with Crippen LogP contribution >= 0.6 is 0 Å². The van der Waals surface area contributed by atoms with Crippen molar-refractivity contribution in [2.45, 2.75) is 124 Å². The van der Waals surface area contributed by atoms with E-state index in [1.165, 1.54) is 69.8 Å². The summed E-state index contributed by atoms with van der Waals surface area (Å²) in [4.78, 5) is 0. The second-order valence-electron chi connectivity index (χ2n) is 14.6. The summed E-state index contributed by atoms with van der Waals surface area (Å²) >= 11 is 0. The smallest absolute Gasteiger partial charge is 0.0952 e. The highest BCUT2D eigenvalue weighted by atomic mass is 16.6. The van der Waals surface area contributed by atoms with Crippen molar-refractivity contribution in [2.24, 2.45) is 44.8 Å². The zero-order valence-electron chi connectivity index (χ0n) is 21.7. The van der Waals surface area contributed by atoms with Crippen LogP contribution in [-0.2, 0) is 4.74 Å². The summed E-state index contributed by atoms with van der Waals surface area (Å²) in [6, 6.07) is 0. The Morgan fingerprint density at radius 2 is 1.50 bits per heavy atom. The first-order valence-electron chi connectivity index (χ1n) is 13.9. The molecule has 0 aromatic rings. The topological polar surface area (TPSA) is 32.8 Å². The molecule has 2 spiro atoms. The highest BCUT2D eigenvalue weighted by molar-refractivity contribution is 5.31. The standard InChI is InChI=1S/C30H48O2/c1-20(2)8-7-13-30(19-32-30)23-11-14-26(5)22-10-9-21-25(3,4)24(31)12-15-28(21)18-29(22,28)17-16-27(23,26)6/h8,21-24,31H,7,9-19H2,1-6H3/t21-,22+,23+,24+,26+,27-,28-,29+,30+/m1/s1. The molecule has 0 amide bonds. The summed E-state index contributed by atoms with van der Waals surface area (Å²) in [5.41, 5.74) is 3.78. The minimum atomic E-state index is -0.0969. The van der Waals surface area contributed by atoms with Crippen molar-refractivity contribution < 1.29 is 9.84 Å². The molecule has 0 radical (unpaired) electrons. The minimum absolute atomic E-state index is 0.0969. The van der Waals surface area contributed by atoms with Gasteiger partial charge in [0.25, 0.3) is 0 Å². The Kier molecular flexibility index (Phi) is 4.46. The van der Waals surface area contributed by atoms with Gasteiger partial charge in [0.05, 0.1) is 18.3 Å². The van der Waals surface area contributed by atoms with E-state index in [0.717, 1.165) is 30.8 Å². The van der Waals surface area contributed by atoms with Crippen LogP contribution in [0.2, 0.25) is 0 Å². The van der Waals surface area contributed by atoms with E-state index in [1.54, 1.807) is 0 Å². The number of rotatable bonds is 4. The molecule has 0 aromatic carbocycles. The maximum absolute atomic E-state index is 10.9. The molecule has 1 heterocycles. The van der Waals surface area contributed by atoms with Crippen LogP contribution in [0.5, 0.6) is 0 Å². The van der Waals surface area contributed by atoms with Gasteiger partial charge in [-0.05, 0) is 129 Å². The zero-order valence-corrected chi connectivity index (χ0v) is 21.7. The van der Waals surface area contributed by atoms with E-state index < -0.39 is 0 Å². The maximum atomic E-state index is 10.9. The second-order valence-corrected chi connectivity index (χ2v) is 14.6. The second kappa shape index (κ2) is 6.45. The zero-order chi connectivity index (χ0) is 22.8. The largest absolute Gasteiger partial charge is 0.393 e. The Labute approximate surface area is 197 Å². The molecule has 0 aromatic heterocycles. The predicted octanol–water partition coefficient (Wildman–Crippen LogP) is 7.30. The van der Waals surface area contributed by atoms with Gasteiger partial charge in [0.2, 0.25) is 0 Å². The summed E-state index contributed by atoms with van der Waals surface area (Å²) in [6.45, 7) is 15.6. The number of fused-ring (bicyclic) bond motifs is 2. The molecule has 2 heteroatoms. The average Bonchev–Trinajstić information content (AvgIpc) is 3.60. The fourth-order valence-electron chi connectivity index (χ4n) is 11.4. The van der Waals surface area contributed by atoms with Crippen molar-refractivity contribution >= 4 is 0 Å². The number of aliphatic hydroxyl groups is 1. The lowest BCUT2D eigenvalue weighted by Gasteiger charge is -2.63. The van der Waals surface area contributed by atoms with E-state index in [4.69, 9.17) is 4.74 Å². The Morgan fingerprint density at radius 1 is 0.844 bits per heavy atom. The molecule has 6 fully saturated rings. The molecule has 1 saturated heterocycles. The van der Waals surface area contributed by atoms with Crippen LogP contribution in [0, 0.1) is 44.8 Å². The maximum Gasteiger partial charge on any atom is 0.0952 e. The lowest BCUT2D eigenvalue weighted by molar-refractivity contribution is -0.162. The average molecular weight is 441 g/mol. The van der Waals surface area contributed by atoms with Gasteiger partial charge in [-0.1, -0.05) is 39.3 Å². The molecular weight excluding hydrogens is 392 g/mol. The van der Waals surface area contributed by atoms with Crippen LogP contribution in [0.3, 0.4) is 0 Å². The van der Waals surface area contributed by atoms with E-state index in [2.05, 4.69) is 47.6 Å². The summed E-state index contributed by atoms with van der Waals surface area (Å²) in [5.74, 6) is 2.39. The summed E-state index contributed by atoms with van der Waals surface area (Å²) < 4.78 is 6.36. The molecule has 5 saturated carbocycles. The molecule has 6 aliphatic rings. The quantitative estimate of drug-likeness (QED) is 0.367. The van der Waals surface area contributed by atoms with E-state index in [0.29, 0.717) is 21.7 Å². The fraction of sp³-hybridized carbons (Fsp3) is 0.933. The number of hydrogen-bond acceptors (Lipinski definition) is 2. The third kappa shape index (κ3) is 2.45. The lowest BCUT2D eigenvalue weighted by atomic mass is 9.41. The van der Waals surface area contributed by atoms with E-state index >= 15 is 0 Å². The van der Waals surface area contributed by atoms with Crippen molar-refractivity contribution in [3.05, 3.63) is 11.6 Å². The van der Waals surface area contributed by atoms with E-state index in [9.17, 15) is 5.11 Å². The molecule has 180 valence electrons. The molecule has 9 atom stereocenters. The van der Waals surface area contributed by atoms with Crippen LogP contribution in [0.4, 0.5) is 0 Å². The number of ether oxygens (including phenoxy) is 1. The Hall–Kier alpha value is -0.340. The minimum Gasteiger partial charge on any atom is -0.393 e. The van der Waals surface area contributed by atoms with Gasteiger partial charge in [-0.25, -0.2) is 0 Å². The highest BCUT2D eigenvalue weighted by Gasteiger charge is 2.83. The number of aliphatic hydroxyl groups excluding tert-OH is 1. The lowest BCUT2D eigenvalue weighted by Crippen LogP contribution is -2.58. The Morgan fingerprint density at radius 3 is 2.19 bits per heavy atom. The molecule has 32 heavy (non-hydrogen) atoms. The SMILES string of the molecule is CC(C)=CCC[C@@]1([C@H]2CC[C@@]3(C)[C@@H]4CC[C@@H]5C(C)(C)[C@@H](O)CC[C@@]56C[C@@]46CC[C@]23C)CO1. The van der Waals surface area contributed by atoms with Gasteiger partial charge in [0.1, 0.15) is 0 Å². The molecule has 2 nitrogen and oxygen atoms in total. The Balaban J connectivity index is 1.29. The summed E-state index contributed by atoms with van der Waals surface area (Å²) in [5, 5.41) is 10.9. The fourth-order valence-corrected chi connectivity index (χ4v) is 11.4. The molecule has 1 aliphatic heterocycles.